The number of unbranched alkanes of at least 4 members (excludes halogenated alkanes) is 4. The van der Waals surface area contributed by atoms with E-state index in [2.05, 4.69) is 26.3 Å². The van der Waals surface area contributed by atoms with Crippen LogP contribution in [0.3, 0.4) is 0 Å². The Morgan fingerprint density at radius 3 is 0.966 bits per heavy atom. The molecule has 1 heterocycles. The lowest BCUT2D eigenvalue weighted by Gasteiger charge is -2.22. The SMILES string of the molecule is C=C(C)C(=O)OCCCCC(=O)O.C=C(C)C(=O)OCCCCC(=O)O.C=C(C)C(=O)OCCCCC(=O)O.C=C(C)C(=O)OCCCCC(=O)OC1CCOCC1. The maximum absolute atomic E-state index is 11.5. The Labute approximate surface area is 341 Å². The average Bonchev–Trinajstić information content (AvgIpc) is 3.14. The number of aliphatic carboxylic acids is 3. The van der Waals surface area contributed by atoms with Crippen LogP contribution in [0.2, 0.25) is 0 Å². The van der Waals surface area contributed by atoms with Gasteiger partial charge in [0.25, 0.3) is 0 Å². The summed E-state index contributed by atoms with van der Waals surface area (Å²) in [5.74, 6) is -4.31. The summed E-state index contributed by atoms with van der Waals surface area (Å²) in [6.45, 7) is 22.5. The minimum Gasteiger partial charge on any atom is -0.481 e. The summed E-state index contributed by atoms with van der Waals surface area (Å²) in [6, 6.07) is 0. The van der Waals surface area contributed by atoms with Crippen molar-refractivity contribution in [3.63, 3.8) is 0 Å². The lowest BCUT2D eigenvalue weighted by Crippen LogP contribution is -2.26. The van der Waals surface area contributed by atoms with Crippen LogP contribution in [0.25, 0.3) is 0 Å². The summed E-state index contributed by atoms with van der Waals surface area (Å²) in [5, 5.41) is 24.9. The standard InChI is InChI=1S/C14H22O5.3C9H14O4/c1-11(2)14(16)18-8-4-3-5-13(15)19-12-6-9-17-10-7-12;3*1-7(2)9(12)13-6-4-3-5-8(10)11/h12H,1,3-10H2,2H3;3*1,3-6H2,2H3,(H,10,11). The topological polar surface area (TPSA) is 253 Å². The van der Waals surface area contributed by atoms with Gasteiger partial charge in [-0.1, -0.05) is 26.3 Å². The second kappa shape index (κ2) is 37.3. The summed E-state index contributed by atoms with van der Waals surface area (Å²) in [7, 11) is 0. The van der Waals surface area contributed by atoms with E-state index in [1.165, 1.54) is 0 Å². The van der Waals surface area contributed by atoms with Crippen LogP contribution < -0.4 is 0 Å². The monoisotopic (exact) mass is 828 g/mol. The van der Waals surface area contributed by atoms with E-state index in [1.807, 2.05) is 0 Å². The number of carboxylic acid groups (broad SMARTS) is 3. The molecular formula is C41H64O17. The second-order valence-electron chi connectivity index (χ2n) is 13.0. The molecule has 1 aliphatic rings. The molecule has 1 fully saturated rings. The lowest BCUT2D eigenvalue weighted by atomic mass is 10.1. The van der Waals surface area contributed by atoms with Crippen LogP contribution >= 0.6 is 0 Å². The second-order valence-corrected chi connectivity index (χ2v) is 13.0. The molecule has 0 amide bonds. The molecule has 0 aromatic heterocycles. The van der Waals surface area contributed by atoms with Crippen molar-refractivity contribution in [1.29, 1.82) is 0 Å². The van der Waals surface area contributed by atoms with Gasteiger partial charge in [-0.3, -0.25) is 19.2 Å². The molecule has 0 spiro atoms. The maximum atomic E-state index is 11.5. The third kappa shape index (κ3) is 41.8. The van der Waals surface area contributed by atoms with E-state index in [0.29, 0.717) is 99.9 Å². The summed E-state index contributed by atoms with van der Waals surface area (Å²) in [6.07, 6.45) is 6.89. The fourth-order valence-electron chi connectivity index (χ4n) is 3.70. The van der Waals surface area contributed by atoms with Crippen LogP contribution in [0.15, 0.2) is 48.6 Å². The predicted molar refractivity (Wildman–Crippen MR) is 211 cm³/mol. The molecule has 0 saturated carbocycles. The Hall–Kier alpha value is -5.32. The molecule has 0 aromatic carbocycles. The number of esters is 5. The zero-order valence-corrected chi connectivity index (χ0v) is 34.6. The Balaban J connectivity index is -0.000000708. The molecule has 1 aliphatic heterocycles. The third-order valence-corrected chi connectivity index (χ3v) is 6.92. The highest BCUT2D eigenvalue weighted by Crippen LogP contribution is 2.12. The minimum atomic E-state index is -0.828. The highest BCUT2D eigenvalue weighted by atomic mass is 16.6. The molecule has 0 aromatic rings. The van der Waals surface area contributed by atoms with E-state index in [1.54, 1.807) is 27.7 Å². The molecule has 58 heavy (non-hydrogen) atoms. The predicted octanol–water partition coefficient (Wildman–Crippen LogP) is 6.08. The highest BCUT2D eigenvalue weighted by Gasteiger charge is 2.17. The number of carboxylic acids is 3. The first-order chi connectivity index (χ1) is 27.2. The largest absolute Gasteiger partial charge is 0.481 e. The molecular weight excluding hydrogens is 764 g/mol. The van der Waals surface area contributed by atoms with E-state index >= 15 is 0 Å². The third-order valence-electron chi connectivity index (χ3n) is 6.92. The van der Waals surface area contributed by atoms with Gasteiger partial charge in [-0.15, -0.1) is 0 Å². The Morgan fingerprint density at radius 2 is 0.724 bits per heavy atom. The van der Waals surface area contributed by atoms with Gasteiger partial charge in [0.1, 0.15) is 6.10 Å². The van der Waals surface area contributed by atoms with Crippen LogP contribution in [0.1, 0.15) is 118 Å². The molecule has 17 heteroatoms. The summed E-state index contributed by atoms with van der Waals surface area (Å²) < 4.78 is 29.7. The molecule has 0 unspecified atom stereocenters. The number of carbonyl (C=O) groups excluding carboxylic acids is 5. The molecule has 1 rings (SSSR count). The maximum Gasteiger partial charge on any atom is 0.333 e. The fourth-order valence-corrected chi connectivity index (χ4v) is 3.70. The zero-order chi connectivity index (χ0) is 44.9. The number of carbonyl (C=O) groups is 8. The number of ether oxygens (including phenoxy) is 6. The van der Waals surface area contributed by atoms with Crippen molar-refractivity contribution in [1.82, 2.24) is 0 Å². The van der Waals surface area contributed by atoms with E-state index in [-0.39, 0.29) is 57.1 Å². The first kappa shape index (κ1) is 57.0. The van der Waals surface area contributed by atoms with Gasteiger partial charge in [0.2, 0.25) is 0 Å². The number of hydrogen-bond donors (Lipinski definition) is 3. The van der Waals surface area contributed by atoms with Crippen molar-refractivity contribution >= 4 is 47.8 Å². The van der Waals surface area contributed by atoms with Gasteiger partial charge < -0.3 is 43.7 Å². The van der Waals surface area contributed by atoms with Crippen LogP contribution in [-0.4, -0.2) is 109 Å². The van der Waals surface area contributed by atoms with E-state index in [9.17, 15) is 38.4 Å². The minimum absolute atomic E-state index is 0.00231. The molecule has 0 bridgehead atoms. The van der Waals surface area contributed by atoms with Gasteiger partial charge in [0.05, 0.1) is 39.6 Å². The van der Waals surface area contributed by atoms with Gasteiger partial charge in [-0.2, -0.15) is 0 Å². The molecule has 3 N–H and O–H groups in total. The van der Waals surface area contributed by atoms with Crippen molar-refractivity contribution in [3.05, 3.63) is 48.6 Å². The van der Waals surface area contributed by atoms with Crippen molar-refractivity contribution in [2.45, 2.75) is 124 Å². The van der Waals surface area contributed by atoms with Crippen LogP contribution in [0, 0.1) is 0 Å². The van der Waals surface area contributed by atoms with Gasteiger partial charge in [-0.25, -0.2) is 19.2 Å². The van der Waals surface area contributed by atoms with Gasteiger partial charge in [-0.05, 0) is 79.1 Å². The molecule has 0 aliphatic carbocycles. The van der Waals surface area contributed by atoms with Crippen LogP contribution in [-0.2, 0) is 66.8 Å². The molecule has 0 radical (unpaired) electrons. The van der Waals surface area contributed by atoms with E-state index in [0.717, 1.165) is 12.8 Å². The van der Waals surface area contributed by atoms with Crippen LogP contribution in [0.5, 0.6) is 0 Å². The molecule has 1 saturated heterocycles. The number of rotatable bonds is 25. The molecule has 330 valence electrons. The summed E-state index contributed by atoms with van der Waals surface area (Å²) in [4.78, 5) is 85.3. The van der Waals surface area contributed by atoms with E-state index in [4.69, 9.17) is 43.7 Å². The van der Waals surface area contributed by atoms with Gasteiger partial charge in [0, 0.05) is 60.8 Å². The Kier molecular flexibility index (Phi) is 36.6. The van der Waals surface area contributed by atoms with Crippen molar-refractivity contribution < 1.29 is 82.1 Å². The fraction of sp³-hybridized carbons (Fsp3) is 0.610. The van der Waals surface area contributed by atoms with Crippen molar-refractivity contribution in [3.8, 4) is 0 Å². The molecule has 17 nitrogen and oxygen atoms in total. The normalized spacial score (nSPS) is 11.4. The Bertz CT molecular complexity index is 1230. The molecule has 0 atom stereocenters. The zero-order valence-electron chi connectivity index (χ0n) is 34.6. The van der Waals surface area contributed by atoms with Crippen molar-refractivity contribution in [2.75, 3.05) is 39.6 Å². The van der Waals surface area contributed by atoms with E-state index < -0.39 is 35.8 Å². The first-order valence-electron chi connectivity index (χ1n) is 18.9. The smallest absolute Gasteiger partial charge is 0.333 e. The highest BCUT2D eigenvalue weighted by molar-refractivity contribution is 5.88. The number of hydrogen-bond acceptors (Lipinski definition) is 14. The quantitative estimate of drug-likeness (QED) is 0.0408. The summed E-state index contributed by atoms with van der Waals surface area (Å²) >= 11 is 0. The Morgan fingerprint density at radius 1 is 0.466 bits per heavy atom. The van der Waals surface area contributed by atoms with Gasteiger partial charge >= 0.3 is 47.8 Å². The summed E-state index contributed by atoms with van der Waals surface area (Å²) in [5.41, 5.74) is 1.47. The van der Waals surface area contributed by atoms with Crippen LogP contribution in [0.4, 0.5) is 0 Å². The lowest BCUT2D eigenvalue weighted by molar-refractivity contribution is -0.153. The van der Waals surface area contributed by atoms with Crippen molar-refractivity contribution in [2.24, 2.45) is 0 Å². The van der Waals surface area contributed by atoms with Gasteiger partial charge in [0.15, 0.2) is 0 Å². The first-order valence-corrected chi connectivity index (χ1v) is 18.9. The average molecular weight is 829 g/mol.